The molecule has 0 radical (unpaired) electrons. The molecule has 0 aromatic carbocycles. The van der Waals surface area contributed by atoms with Gasteiger partial charge in [-0.1, -0.05) is 5.16 Å². The molecular formula is C7H8N4O. The molecule has 0 aliphatic carbocycles. The maximum atomic E-state index is 8.25. The lowest BCUT2D eigenvalue weighted by Gasteiger charge is -1.95. The molecule has 0 aliphatic heterocycles. The van der Waals surface area contributed by atoms with Gasteiger partial charge in [0, 0.05) is 18.0 Å². The summed E-state index contributed by atoms with van der Waals surface area (Å²) in [6.45, 7) is 0. The lowest BCUT2D eigenvalue weighted by molar-refractivity contribution is 0.322. The Morgan fingerprint density at radius 2 is 2.17 bits per heavy atom. The van der Waals surface area contributed by atoms with Crippen molar-refractivity contribution < 1.29 is 5.21 Å². The fourth-order valence-electron chi connectivity index (χ4n) is 0.760. The second-order valence-corrected chi connectivity index (χ2v) is 1.99. The van der Waals surface area contributed by atoms with Crippen LogP contribution >= 0.6 is 0 Å². The first kappa shape index (κ1) is 8.19. The fraction of sp³-hybridized carbons (Fsp3) is 0. The van der Waals surface area contributed by atoms with E-state index < -0.39 is 0 Å². The number of aromatic nitrogens is 1. The summed E-state index contributed by atoms with van der Waals surface area (Å²) in [6, 6.07) is 3.43. The number of hydrogen-bond donors (Lipinski definition) is 2. The normalized spacial score (nSPS) is 12.2. The van der Waals surface area contributed by atoms with E-state index in [0.29, 0.717) is 5.71 Å². The number of oxime groups is 1. The Morgan fingerprint density at radius 3 is 2.67 bits per heavy atom. The van der Waals surface area contributed by atoms with Crippen LogP contribution in [0.2, 0.25) is 0 Å². The van der Waals surface area contributed by atoms with Gasteiger partial charge in [-0.2, -0.15) is 5.10 Å². The molecule has 0 atom stereocenters. The van der Waals surface area contributed by atoms with Gasteiger partial charge in [-0.15, -0.1) is 0 Å². The van der Waals surface area contributed by atoms with Gasteiger partial charge in [-0.25, -0.2) is 0 Å². The zero-order chi connectivity index (χ0) is 8.81. The van der Waals surface area contributed by atoms with Crippen molar-refractivity contribution in [2.75, 3.05) is 0 Å². The summed E-state index contributed by atoms with van der Waals surface area (Å²) >= 11 is 0. The number of pyridine rings is 1. The predicted octanol–water partition coefficient (Wildman–Crippen LogP) is 0.204. The van der Waals surface area contributed by atoms with Gasteiger partial charge in [0.25, 0.3) is 0 Å². The van der Waals surface area contributed by atoms with E-state index in [9.17, 15) is 0 Å². The number of nitrogens with two attached hydrogens (primary N) is 1. The van der Waals surface area contributed by atoms with Crippen LogP contribution in [0.3, 0.4) is 0 Å². The van der Waals surface area contributed by atoms with Crippen molar-refractivity contribution in [2.24, 2.45) is 16.1 Å². The highest BCUT2D eigenvalue weighted by molar-refractivity contribution is 6.37. The highest BCUT2D eigenvalue weighted by Gasteiger charge is 1.97. The Labute approximate surface area is 69.2 Å². The van der Waals surface area contributed by atoms with Crippen LogP contribution in [0.5, 0.6) is 0 Å². The average Bonchev–Trinajstić information content (AvgIpc) is 2.15. The largest absolute Gasteiger partial charge is 0.411 e. The molecule has 0 bridgehead atoms. The molecule has 1 rings (SSSR count). The van der Waals surface area contributed by atoms with Crippen LogP contribution in [0, 0.1) is 0 Å². The van der Waals surface area contributed by atoms with Gasteiger partial charge >= 0.3 is 0 Å². The summed E-state index contributed by atoms with van der Waals surface area (Å²) in [5.74, 6) is 5.06. The van der Waals surface area contributed by atoms with Gasteiger partial charge in [0.1, 0.15) is 5.71 Å². The molecule has 3 N–H and O–H groups in total. The SMILES string of the molecule is N/N=C(\C=N\O)c1ccncc1. The molecule has 0 saturated carbocycles. The van der Waals surface area contributed by atoms with E-state index in [-0.39, 0.29) is 0 Å². The van der Waals surface area contributed by atoms with Crippen LogP contribution in [0.4, 0.5) is 0 Å². The first-order chi connectivity index (χ1) is 5.88. The highest BCUT2D eigenvalue weighted by Crippen LogP contribution is 1.96. The van der Waals surface area contributed by atoms with Gasteiger partial charge in [0.15, 0.2) is 0 Å². The third-order valence-electron chi connectivity index (χ3n) is 1.30. The van der Waals surface area contributed by atoms with Crippen molar-refractivity contribution in [3.8, 4) is 0 Å². The summed E-state index contributed by atoms with van der Waals surface area (Å²) in [5, 5.41) is 14.5. The third kappa shape index (κ3) is 1.79. The van der Waals surface area contributed by atoms with Gasteiger partial charge in [0.05, 0.1) is 6.21 Å². The van der Waals surface area contributed by atoms with Crippen LogP contribution in [-0.2, 0) is 0 Å². The van der Waals surface area contributed by atoms with E-state index >= 15 is 0 Å². The van der Waals surface area contributed by atoms with Crippen molar-refractivity contribution in [1.29, 1.82) is 0 Å². The maximum Gasteiger partial charge on any atom is 0.112 e. The van der Waals surface area contributed by atoms with E-state index in [0.717, 1.165) is 11.8 Å². The van der Waals surface area contributed by atoms with Gasteiger partial charge in [-0.3, -0.25) is 4.98 Å². The molecule has 5 nitrogen and oxygen atoms in total. The predicted molar refractivity (Wildman–Crippen MR) is 45.2 cm³/mol. The molecule has 5 heteroatoms. The van der Waals surface area contributed by atoms with E-state index in [1.807, 2.05) is 0 Å². The molecule has 12 heavy (non-hydrogen) atoms. The standard InChI is InChI=1S/C7H8N4O/c8-11-7(5-10-12)6-1-3-9-4-2-6/h1-5,12H,8H2/b10-5+,11-7+. The lowest BCUT2D eigenvalue weighted by Crippen LogP contribution is -2.05. The van der Waals surface area contributed by atoms with Crippen molar-refractivity contribution in [1.82, 2.24) is 4.98 Å². The summed E-state index contributed by atoms with van der Waals surface area (Å²) in [7, 11) is 0. The van der Waals surface area contributed by atoms with Gasteiger partial charge in [0.2, 0.25) is 0 Å². The Balaban J connectivity index is 2.97. The van der Waals surface area contributed by atoms with Gasteiger partial charge < -0.3 is 11.0 Å². The second-order valence-electron chi connectivity index (χ2n) is 1.99. The van der Waals surface area contributed by atoms with Crippen molar-refractivity contribution >= 4 is 11.9 Å². The molecule has 0 aliphatic rings. The van der Waals surface area contributed by atoms with Crippen molar-refractivity contribution in [3.05, 3.63) is 30.1 Å². The zero-order valence-corrected chi connectivity index (χ0v) is 6.25. The number of hydrazone groups is 1. The lowest BCUT2D eigenvalue weighted by atomic mass is 10.2. The summed E-state index contributed by atoms with van der Waals surface area (Å²) < 4.78 is 0. The molecule has 0 saturated heterocycles. The molecule has 0 spiro atoms. The van der Waals surface area contributed by atoms with Crippen LogP contribution in [-0.4, -0.2) is 22.1 Å². The summed E-state index contributed by atoms with van der Waals surface area (Å²) in [6.07, 6.45) is 4.37. The van der Waals surface area contributed by atoms with E-state index in [1.165, 1.54) is 0 Å². The smallest absolute Gasteiger partial charge is 0.112 e. The zero-order valence-electron chi connectivity index (χ0n) is 6.25. The monoisotopic (exact) mass is 164 g/mol. The molecule has 1 aromatic heterocycles. The fourth-order valence-corrected chi connectivity index (χ4v) is 0.760. The van der Waals surface area contributed by atoms with E-state index in [2.05, 4.69) is 15.2 Å². The third-order valence-corrected chi connectivity index (χ3v) is 1.30. The topological polar surface area (TPSA) is 83.9 Å². The minimum atomic E-state index is 0.403. The maximum absolute atomic E-state index is 8.25. The average molecular weight is 164 g/mol. The van der Waals surface area contributed by atoms with E-state index in [1.54, 1.807) is 24.5 Å². The number of hydrogen-bond acceptors (Lipinski definition) is 5. The van der Waals surface area contributed by atoms with Crippen LogP contribution < -0.4 is 5.84 Å². The number of rotatable bonds is 2. The van der Waals surface area contributed by atoms with Crippen molar-refractivity contribution in [2.45, 2.75) is 0 Å². The second kappa shape index (κ2) is 4.07. The Bertz CT molecular complexity index is 294. The Morgan fingerprint density at radius 1 is 1.50 bits per heavy atom. The molecule has 0 amide bonds. The molecule has 1 heterocycles. The quantitative estimate of drug-likeness (QED) is 0.283. The Hall–Kier alpha value is -1.91. The van der Waals surface area contributed by atoms with Gasteiger partial charge in [-0.05, 0) is 12.1 Å². The minimum absolute atomic E-state index is 0.403. The molecule has 1 aromatic rings. The van der Waals surface area contributed by atoms with E-state index in [4.69, 9.17) is 11.0 Å². The first-order valence-corrected chi connectivity index (χ1v) is 3.24. The highest BCUT2D eigenvalue weighted by atomic mass is 16.4. The van der Waals surface area contributed by atoms with Crippen LogP contribution in [0.25, 0.3) is 0 Å². The number of nitrogens with zero attached hydrogens (tertiary/aromatic N) is 3. The molecular weight excluding hydrogens is 156 g/mol. The molecule has 0 unspecified atom stereocenters. The van der Waals surface area contributed by atoms with Crippen molar-refractivity contribution in [3.63, 3.8) is 0 Å². The van der Waals surface area contributed by atoms with Crippen LogP contribution in [0.15, 0.2) is 34.8 Å². The molecule has 0 fully saturated rings. The first-order valence-electron chi connectivity index (χ1n) is 3.24. The summed E-state index contributed by atoms with van der Waals surface area (Å²) in [4.78, 5) is 3.82. The Kier molecular flexibility index (Phi) is 2.78. The summed E-state index contributed by atoms with van der Waals surface area (Å²) in [5.41, 5.74) is 1.16. The minimum Gasteiger partial charge on any atom is -0.411 e. The molecule has 62 valence electrons. The van der Waals surface area contributed by atoms with Crippen LogP contribution in [0.1, 0.15) is 5.56 Å².